The molecule has 1 amide bonds. The Kier molecular flexibility index (Phi) is 6.52. The normalized spacial score (nSPS) is 16.4. The van der Waals surface area contributed by atoms with Crippen molar-refractivity contribution in [3.8, 4) is 11.5 Å². The minimum Gasteiger partial charge on any atom is -0.497 e. The van der Waals surface area contributed by atoms with Gasteiger partial charge in [0.1, 0.15) is 11.5 Å². The van der Waals surface area contributed by atoms with Gasteiger partial charge >= 0.3 is 6.18 Å². The van der Waals surface area contributed by atoms with Gasteiger partial charge in [0, 0.05) is 31.7 Å². The lowest BCUT2D eigenvalue weighted by molar-refractivity contribution is -0.145. The maximum absolute atomic E-state index is 12.6. The Morgan fingerprint density at radius 3 is 2.52 bits per heavy atom. The van der Waals surface area contributed by atoms with E-state index in [2.05, 4.69) is 0 Å². The summed E-state index contributed by atoms with van der Waals surface area (Å²) in [6, 6.07) is 5.22. The number of alkyl halides is 3. The first-order valence-electron chi connectivity index (χ1n) is 8.10. The Bertz CT molecular complexity index is 593. The first kappa shape index (κ1) is 19.4. The molecule has 1 aromatic carbocycles. The quantitative estimate of drug-likeness (QED) is 0.808. The summed E-state index contributed by atoms with van der Waals surface area (Å²) in [6.07, 6.45) is -3.57. The lowest BCUT2D eigenvalue weighted by Gasteiger charge is -2.23. The molecule has 1 aliphatic rings. The molecule has 1 heterocycles. The highest BCUT2D eigenvalue weighted by Gasteiger charge is 2.31. The van der Waals surface area contributed by atoms with Crippen LogP contribution in [0, 0.1) is 0 Å². The zero-order valence-corrected chi connectivity index (χ0v) is 14.4. The molecule has 0 saturated carbocycles. The summed E-state index contributed by atoms with van der Waals surface area (Å²) in [5.41, 5.74) is 0.697. The summed E-state index contributed by atoms with van der Waals surface area (Å²) in [5.74, 6) is 1.08. The van der Waals surface area contributed by atoms with E-state index in [-0.39, 0.29) is 18.9 Å². The minimum absolute atomic E-state index is 0.125. The van der Waals surface area contributed by atoms with Crippen molar-refractivity contribution >= 4 is 5.91 Å². The number of amides is 1. The number of hydrogen-bond acceptors (Lipinski definition) is 4. The van der Waals surface area contributed by atoms with Crippen LogP contribution in [-0.4, -0.2) is 68.8 Å². The van der Waals surface area contributed by atoms with Gasteiger partial charge in [-0.25, -0.2) is 0 Å². The van der Waals surface area contributed by atoms with Gasteiger partial charge in [-0.2, -0.15) is 13.2 Å². The largest absolute Gasteiger partial charge is 0.497 e. The van der Waals surface area contributed by atoms with Crippen LogP contribution in [-0.2, 0) is 11.2 Å². The number of carbonyl (C=O) groups is 1. The zero-order valence-electron chi connectivity index (χ0n) is 14.4. The molecule has 0 N–H and O–H groups in total. The second-order valence-corrected chi connectivity index (χ2v) is 5.98. The number of nitrogens with zero attached hydrogens (tertiary/aromatic N) is 2. The first-order valence-corrected chi connectivity index (χ1v) is 8.10. The van der Waals surface area contributed by atoms with E-state index in [9.17, 15) is 18.0 Å². The molecule has 2 rings (SSSR count). The number of halogens is 3. The average Bonchev–Trinajstić information content (AvgIpc) is 2.78. The number of carbonyl (C=O) groups excluding carboxylic acids is 1. The fourth-order valence-electron chi connectivity index (χ4n) is 2.93. The highest BCUT2D eigenvalue weighted by Crippen LogP contribution is 2.25. The molecule has 1 saturated heterocycles. The standard InChI is InChI=1S/C17H23F3N2O3/c1-24-14-4-5-15(25-2)13(10-14)11-16(23)22-7-3-6-21(8-9-22)12-17(18,19)20/h4-5,10H,3,6-9,11-12H2,1-2H3. The Balaban J connectivity index is 1.99. The maximum atomic E-state index is 12.6. The molecule has 8 heteroatoms. The molecule has 5 nitrogen and oxygen atoms in total. The Morgan fingerprint density at radius 2 is 1.88 bits per heavy atom. The molecular formula is C17H23F3N2O3. The van der Waals surface area contributed by atoms with E-state index in [1.54, 1.807) is 23.1 Å². The van der Waals surface area contributed by atoms with Gasteiger partial charge in [0.2, 0.25) is 5.91 Å². The number of rotatable bonds is 5. The van der Waals surface area contributed by atoms with Crippen LogP contribution in [0.4, 0.5) is 13.2 Å². The second kappa shape index (κ2) is 8.42. The molecule has 25 heavy (non-hydrogen) atoms. The SMILES string of the molecule is COc1ccc(OC)c(CC(=O)N2CCCN(CC(F)(F)F)CC2)c1. The van der Waals surface area contributed by atoms with Crippen molar-refractivity contribution in [2.45, 2.75) is 19.0 Å². The van der Waals surface area contributed by atoms with Gasteiger partial charge in [-0.05, 0) is 24.6 Å². The van der Waals surface area contributed by atoms with E-state index in [1.165, 1.54) is 19.1 Å². The molecule has 1 aromatic rings. The molecule has 1 fully saturated rings. The minimum atomic E-state index is -4.22. The maximum Gasteiger partial charge on any atom is 0.401 e. The number of ether oxygens (including phenoxy) is 2. The lowest BCUT2D eigenvalue weighted by Crippen LogP contribution is -2.39. The number of hydrogen-bond donors (Lipinski definition) is 0. The molecule has 0 unspecified atom stereocenters. The van der Waals surface area contributed by atoms with Gasteiger partial charge < -0.3 is 14.4 Å². The molecule has 0 aliphatic carbocycles. The summed E-state index contributed by atoms with van der Waals surface area (Å²) in [5, 5.41) is 0. The first-order chi connectivity index (χ1) is 11.8. The zero-order chi connectivity index (χ0) is 18.4. The topological polar surface area (TPSA) is 42.0 Å². The van der Waals surface area contributed by atoms with Gasteiger partial charge in [-0.1, -0.05) is 0 Å². The van der Waals surface area contributed by atoms with Crippen LogP contribution in [0.3, 0.4) is 0 Å². The van der Waals surface area contributed by atoms with Gasteiger partial charge in [-0.15, -0.1) is 0 Å². The van der Waals surface area contributed by atoms with Crippen molar-refractivity contribution in [1.29, 1.82) is 0 Å². The average molecular weight is 360 g/mol. The lowest BCUT2D eigenvalue weighted by atomic mass is 10.1. The molecule has 0 radical (unpaired) electrons. The highest BCUT2D eigenvalue weighted by atomic mass is 19.4. The molecule has 0 atom stereocenters. The van der Waals surface area contributed by atoms with E-state index < -0.39 is 12.7 Å². The van der Waals surface area contributed by atoms with Crippen molar-refractivity contribution in [1.82, 2.24) is 9.80 Å². The van der Waals surface area contributed by atoms with E-state index in [0.717, 1.165) is 0 Å². The van der Waals surface area contributed by atoms with Crippen molar-refractivity contribution in [3.05, 3.63) is 23.8 Å². The van der Waals surface area contributed by atoms with E-state index in [1.807, 2.05) is 0 Å². The van der Waals surface area contributed by atoms with Crippen LogP contribution in [0.5, 0.6) is 11.5 Å². The molecule has 0 bridgehead atoms. The summed E-state index contributed by atoms with van der Waals surface area (Å²) >= 11 is 0. The molecular weight excluding hydrogens is 337 g/mol. The van der Waals surface area contributed by atoms with Crippen molar-refractivity contribution in [2.75, 3.05) is 46.9 Å². The van der Waals surface area contributed by atoms with Gasteiger partial charge in [0.05, 0.1) is 27.2 Å². The molecule has 1 aliphatic heterocycles. The Hall–Kier alpha value is -1.96. The predicted molar refractivity (Wildman–Crippen MR) is 86.9 cm³/mol. The monoisotopic (exact) mass is 360 g/mol. The summed E-state index contributed by atoms with van der Waals surface area (Å²) in [4.78, 5) is 15.5. The number of methoxy groups -OCH3 is 2. The fraction of sp³-hybridized carbons (Fsp3) is 0.588. The fourth-order valence-corrected chi connectivity index (χ4v) is 2.93. The summed E-state index contributed by atoms with van der Waals surface area (Å²) in [6.45, 7) is 0.381. The van der Waals surface area contributed by atoms with Crippen LogP contribution in [0.1, 0.15) is 12.0 Å². The molecule has 0 aromatic heterocycles. The smallest absolute Gasteiger partial charge is 0.401 e. The van der Waals surface area contributed by atoms with E-state index in [0.29, 0.717) is 43.1 Å². The van der Waals surface area contributed by atoms with E-state index in [4.69, 9.17) is 9.47 Å². The van der Waals surface area contributed by atoms with Crippen LogP contribution in [0.2, 0.25) is 0 Å². The van der Waals surface area contributed by atoms with Crippen molar-refractivity contribution in [2.24, 2.45) is 0 Å². The van der Waals surface area contributed by atoms with Crippen LogP contribution in [0.25, 0.3) is 0 Å². The van der Waals surface area contributed by atoms with Crippen molar-refractivity contribution in [3.63, 3.8) is 0 Å². The van der Waals surface area contributed by atoms with Crippen LogP contribution >= 0.6 is 0 Å². The molecule has 140 valence electrons. The van der Waals surface area contributed by atoms with Crippen LogP contribution < -0.4 is 9.47 Å². The summed E-state index contributed by atoms with van der Waals surface area (Å²) < 4.78 is 48.0. The third kappa shape index (κ3) is 5.81. The van der Waals surface area contributed by atoms with Crippen LogP contribution in [0.15, 0.2) is 18.2 Å². The second-order valence-electron chi connectivity index (χ2n) is 5.98. The van der Waals surface area contributed by atoms with Gasteiger partial charge in [0.25, 0.3) is 0 Å². The Morgan fingerprint density at radius 1 is 1.12 bits per heavy atom. The number of benzene rings is 1. The predicted octanol–water partition coefficient (Wildman–Crippen LogP) is 2.34. The summed E-state index contributed by atoms with van der Waals surface area (Å²) in [7, 11) is 3.06. The van der Waals surface area contributed by atoms with E-state index >= 15 is 0 Å². The van der Waals surface area contributed by atoms with Gasteiger partial charge in [0.15, 0.2) is 0 Å². The van der Waals surface area contributed by atoms with Crippen molar-refractivity contribution < 1.29 is 27.4 Å². The highest BCUT2D eigenvalue weighted by molar-refractivity contribution is 5.79. The third-order valence-corrected chi connectivity index (χ3v) is 4.17. The molecule has 0 spiro atoms. The third-order valence-electron chi connectivity index (χ3n) is 4.17. The van der Waals surface area contributed by atoms with Gasteiger partial charge in [-0.3, -0.25) is 9.69 Å². The Labute approximate surface area is 145 Å².